The Bertz CT molecular complexity index is 292. The molecule has 20 heavy (non-hydrogen) atoms. The highest BCUT2D eigenvalue weighted by Crippen LogP contribution is 2.23. The van der Waals surface area contributed by atoms with Crippen molar-refractivity contribution < 1.29 is 9.53 Å². The Morgan fingerprint density at radius 2 is 2.10 bits per heavy atom. The van der Waals surface area contributed by atoms with Crippen LogP contribution in [-0.2, 0) is 9.53 Å². The number of carbonyl (C=O) groups is 1. The molecule has 0 amide bonds. The third-order valence-electron chi connectivity index (χ3n) is 4.48. The van der Waals surface area contributed by atoms with Crippen LogP contribution in [0.4, 0.5) is 0 Å². The van der Waals surface area contributed by atoms with E-state index in [2.05, 4.69) is 18.7 Å². The first-order chi connectivity index (χ1) is 9.48. The molecule has 0 aromatic rings. The molecule has 0 bridgehead atoms. The summed E-state index contributed by atoms with van der Waals surface area (Å²) in [4.78, 5) is 13.9. The minimum Gasteiger partial charge on any atom is -0.469 e. The Kier molecular flexibility index (Phi) is 7.52. The van der Waals surface area contributed by atoms with Crippen molar-refractivity contribution in [1.82, 2.24) is 4.90 Å². The van der Waals surface area contributed by atoms with E-state index in [-0.39, 0.29) is 11.4 Å². The van der Waals surface area contributed by atoms with Crippen LogP contribution in [0.15, 0.2) is 0 Å². The molecule has 0 radical (unpaired) electrons. The third kappa shape index (κ3) is 6.23. The number of piperidine rings is 1. The molecular weight excluding hydrogens is 252 g/mol. The molecule has 1 unspecified atom stereocenters. The molecule has 1 heterocycles. The van der Waals surface area contributed by atoms with E-state index in [4.69, 9.17) is 10.5 Å². The van der Waals surface area contributed by atoms with Crippen molar-refractivity contribution in [3.05, 3.63) is 0 Å². The minimum absolute atomic E-state index is 0.0776. The Hall–Kier alpha value is -0.610. The van der Waals surface area contributed by atoms with Crippen molar-refractivity contribution in [1.29, 1.82) is 0 Å². The number of nitrogens with two attached hydrogens (primary N) is 1. The summed E-state index contributed by atoms with van der Waals surface area (Å²) in [6.45, 7) is 7.44. The number of unbranched alkanes of at least 4 members (excludes halogenated alkanes) is 1. The maximum absolute atomic E-state index is 11.5. The number of hydrogen-bond donors (Lipinski definition) is 1. The van der Waals surface area contributed by atoms with Crippen molar-refractivity contribution >= 4 is 5.97 Å². The van der Waals surface area contributed by atoms with Gasteiger partial charge in [-0.05, 0) is 50.7 Å². The fourth-order valence-corrected chi connectivity index (χ4v) is 2.88. The van der Waals surface area contributed by atoms with E-state index >= 15 is 0 Å². The molecule has 1 atom stereocenters. The van der Waals surface area contributed by atoms with Gasteiger partial charge in [0.25, 0.3) is 0 Å². The molecule has 1 aliphatic heterocycles. The molecule has 1 saturated heterocycles. The minimum atomic E-state index is -0.0776. The third-order valence-corrected chi connectivity index (χ3v) is 4.48. The van der Waals surface area contributed by atoms with E-state index < -0.39 is 0 Å². The van der Waals surface area contributed by atoms with Gasteiger partial charge in [0.05, 0.1) is 13.5 Å². The maximum atomic E-state index is 11.5. The zero-order valence-electron chi connectivity index (χ0n) is 13.5. The number of likely N-dealkylation sites (tertiary alicyclic amines) is 1. The van der Waals surface area contributed by atoms with Gasteiger partial charge in [0.2, 0.25) is 0 Å². The van der Waals surface area contributed by atoms with Crippen molar-refractivity contribution in [3.63, 3.8) is 0 Å². The Balaban J connectivity index is 2.30. The molecule has 1 rings (SSSR count). The Morgan fingerprint density at radius 1 is 1.35 bits per heavy atom. The normalized spacial score (nSPS) is 20.9. The second kappa shape index (κ2) is 8.63. The van der Waals surface area contributed by atoms with Gasteiger partial charge in [-0.15, -0.1) is 0 Å². The van der Waals surface area contributed by atoms with E-state index in [0.29, 0.717) is 12.5 Å². The highest BCUT2D eigenvalue weighted by atomic mass is 16.5. The van der Waals surface area contributed by atoms with Gasteiger partial charge < -0.3 is 10.5 Å². The predicted molar refractivity (Wildman–Crippen MR) is 82.5 cm³/mol. The van der Waals surface area contributed by atoms with Gasteiger partial charge in [0.15, 0.2) is 0 Å². The van der Waals surface area contributed by atoms with Gasteiger partial charge in [0.1, 0.15) is 0 Å². The van der Waals surface area contributed by atoms with Crippen molar-refractivity contribution in [2.75, 3.05) is 26.7 Å². The predicted octanol–water partition coefficient (Wildman–Crippen LogP) is 2.56. The van der Waals surface area contributed by atoms with Gasteiger partial charge in [-0.1, -0.05) is 26.7 Å². The lowest BCUT2D eigenvalue weighted by Crippen LogP contribution is -2.41. The average molecular weight is 284 g/mol. The van der Waals surface area contributed by atoms with Crippen LogP contribution in [0.25, 0.3) is 0 Å². The molecule has 4 nitrogen and oxygen atoms in total. The SMILES string of the molecule is COC(=O)CC1CCCCN1CCCCC(C)(C)CN. The van der Waals surface area contributed by atoms with Gasteiger partial charge in [-0.25, -0.2) is 0 Å². The smallest absolute Gasteiger partial charge is 0.307 e. The molecule has 2 N–H and O–H groups in total. The van der Waals surface area contributed by atoms with Crippen LogP contribution in [-0.4, -0.2) is 43.7 Å². The lowest BCUT2D eigenvalue weighted by molar-refractivity contribution is -0.142. The van der Waals surface area contributed by atoms with Crippen LogP contribution in [0.1, 0.15) is 58.8 Å². The molecule has 0 saturated carbocycles. The first-order valence-electron chi connectivity index (χ1n) is 7.99. The van der Waals surface area contributed by atoms with Crippen molar-refractivity contribution in [3.8, 4) is 0 Å². The zero-order chi connectivity index (χ0) is 15.0. The number of carbonyl (C=O) groups excluding carboxylic acids is 1. The summed E-state index contributed by atoms with van der Waals surface area (Å²) < 4.78 is 4.81. The Morgan fingerprint density at radius 3 is 2.75 bits per heavy atom. The van der Waals surface area contributed by atoms with E-state index in [9.17, 15) is 4.79 Å². The summed E-state index contributed by atoms with van der Waals surface area (Å²) >= 11 is 0. The number of hydrogen-bond acceptors (Lipinski definition) is 4. The summed E-state index contributed by atoms with van der Waals surface area (Å²) in [5, 5.41) is 0. The summed E-state index contributed by atoms with van der Waals surface area (Å²) in [6.07, 6.45) is 7.75. The van der Waals surface area contributed by atoms with Crippen LogP contribution in [0.3, 0.4) is 0 Å². The maximum Gasteiger partial charge on any atom is 0.307 e. The first-order valence-corrected chi connectivity index (χ1v) is 7.99. The lowest BCUT2D eigenvalue weighted by Gasteiger charge is -2.35. The molecule has 0 spiro atoms. The van der Waals surface area contributed by atoms with Crippen LogP contribution in [0, 0.1) is 5.41 Å². The molecular formula is C16H32N2O2. The van der Waals surface area contributed by atoms with Crippen molar-refractivity contribution in [2.24, 2.45) is 11.1 Å². The summed E-state index contributed by atoms with van der Waals surface area (Å²) in [6, 6.07) is 0.388. The summed E-state index contributed by atoms with van der Waals surface area (Å²) in [7, 11) is 1.48. The second-order valence-corrected chi connectivity index (χ2v) is 6.79. The topological polar surface area (TPSA) is 55.6 Å². The standard InChI is InChI=1S/C16H32N2O2/c1-16(2,13-17)9-5-7-11-18-10-6-4-8-14(18)12-15(19)20-3/h14H,4-13,17H2,1-3H3. The fraction of sp³-hybridized carbons (Fsp3) is 0.938. The Labute approximate surface area is 124 Å². The lowest BCUT2D eigenvalue weighted by atomic mass is 9.87. The van der Waals surface area contributed by atoms with E-state index in [1.165, 1.54) is 39.2 Å². The number of rotatable bonds is 8. The number of methoxy groups -OCH3 is 1. The molecule has 0 aromatic carbocycles. The largest absolute Gasteiger partial charge is 0.469 e. The molecule has 4 heteroatoms. The highest BCUT2D eigenvalue weighted by molar-refractivity contribution is 5.69. The average Bonchev–Trinajstić information content (AvgIpc) is 2.45. The highest BCUT2D eigenvalue weighted by Gasteiger charge is 2.24. The summed E-state index contributed by atoms with van der Waals surface area (Å²) in [5.74, 6) is -0.0776. The zero-order valence-corrected chi connectivity index (χ0v) is 13.5. The molecule has 1 aliphatic rings. The first kappa shape index (κ1) is 17.4. The van der Waals surface area contributed by atoms with Gasteiger partial charge in [-0.3, -0.25) is 9.69 Å². The quantitative estimate of drug-likeness (QED) is 0.550. The van der Waals surface area contributed by atoms with Crippen LogP contribution < -0.4 is 5.73 Å². The number of ether oxygens (including phenoxy) is 1. The van der Waals surface area contributed by atoms with Crippen molar-refractivity contribution in [2.45, 2.75) is 64.8 Å². The van der Waals surface area contributed by atoms with Gasteiger partial charge in [-0.2, -0.15) is 0 Å². The van der Waals surface area contributed by atoms with Crippen LogP contribution in [0.5, 0.6) is 0 Å². The van der Waals surface area contributed by atoms with Crippen LogP contribution in [0.2, 0.25) is 0 Å². The van der Waals surface area contributed by atoms with E-state index in [1.807, 2.05) is 0 Å². The number of esters is 1. The summed E-state index contributed by atoms with van der Waals surface area (Å²) in [5.41, 5.74) is 6.02. The fourth-order valence-electron chi connectivity index (χ4n) is 2.88. The molecule has 1 fully saturated rings. The monoisotopic (exact) mass is 284 g/mol. The molecule has 118 valence electrons. The second-order valence-electron chi connectivity index (χ2n) is 6.79. The molecule has 0 aliphatic carbocycles. The van der Waals surface area contributed by atoms with E-state index in [0.717, 1.165) is 26.1 Å². The van der Waals surface area contributed by atoms with E-state index in [1.54, 1.807) is 0 Å². The van der Waals surface area contributed by atoms with Crippen LogP contribution >= 0.6 is 0 Å². The van der Waals surface area contributed by atoms with Gasteiger partial charge in [0, 0.05) is 6.04 Å². The molecule has 0 aromatic heterocycles. The number of nitrogens with zero attached hydrogens (tertiary/aromatic N) is 1. The van der Waals surface area contributed by atoms with Gasteiger partial charge >= 0.3 is 5.97 Å².